The molecule has 0 saturated heterocycles. The maximum absolute atomic E-state index is 12.1. The van der Waals surface area contributed by atoms with Gasteiger partial charge in [-0.1, -0.05) is 61.6 Å². The zero-order valence-electron chi connectivity index (χ0n) is 35.0. The fourth-order valence-corrected chi connectivity index (χ4v) is 7.85. The van der Waals surface area contributed by atoms with Crippen LogP contribution in [0.5, 0.6) is 0 Å². The molecule has 2 saturated carbocycles. The molecule has 55 heavy (non-hydrogen) atoms. The Balaban J connectivity index is 0.000000550. The molecule has 0 aromatic rings. The van der Waals surface area contributed by atoms with Crippen molar-refractivity contribution in [1.82, 2.24) is 21.3 Å². The van der Waals surface area contributed by atoms with Gasteiger partial charge in [-0.05, 0) is 81.0 Å². The second-order valence-corrected chi connectivity index (χ2v) is 17.1. The minimum atomic E-state index is -0.547. The fraction of sp³-hybridized carbons (Fsp3) is 0.750. The lowest BCUT2D eigenvalue weighted by Gasteiger charge is -2.46. The zero-order valence-corrected chi connectivity index (χ0v) is 35.0. The first-order valence-corrected chi connectivity index (χ1v) is 19.1. The van der Waals surface area contributed by atoms with Crippen LogP contribution in [0.1, 0.15) is 114 Å². The summed E-state index contributed by atoms with van der Waals surface area (Å²) in [5, 5.41) is 11.6. The maximum Gasteiger partial charge on any atom is 0.407 e. The molecule has 4 atom stereocenters. The normalized spacial score (nSPS) is 23.5. The molecule has 4 unspecified atom stereocenters. The van der Waals surface area contributed by atoms with Gasteiger partial charge in [0.05, 0.1) is 6.61 Å². The summed E-state index contributed by atoms with van der Waals surface area (Å²) in [7, 11) is 0. The zero-order chi connectivity index (χ0) is 42.0. The van der Waals surface area contributed by atoms with Crippen molar-refractivity contribution in [3.05, 3.63) is 24.3 Å². The number of nitrogens with one attached hydrogen (secondary N) is 4. The number of hydrogen-bond acceptors (Lipinski definition) is 11. The summed E-state index contributed by atoms with van der Waals surface area (Å²) < 4.78 is 24.9. The van der Waals surface area contributed by atoms with Gasteiger partial charge in [0.15, 0.2) is 0 Å². The Hall–Kier alpha value is -4.30. The molecule has 2 aliphatic carbocycles. The molecule has 0 aliphatic heterocycles. The van der Waals surface area contributed by atoms with E-state index in [-0.39, 0.29) is 66.1 Å². The monoisotopic (exact) mass is 780 g/mol. The van der Waals surface area contributed by atoms with Crippen molar-refractivity contribution in [1.29, 1.82) is 0 Å². The molecular weight excluding hydrogens is 712 g/mol. The number of rotatable bonds is 16. The molecular formula is C40H68N4O11. The Morgan fingerprint density at radius 2 is 0.945 bits per heavy atom. The summed E-state index contributed by atoms with van der Waals surface area (Å²) in [5.41, 5.74) is 0.366. The Bertz CT molecular complexity index is 1360. The minimum absolute atomic E-state index is 0.00168. The molecule has 0 heterocycles. The molecule has 0 aromatic heterocycles. The number of carbonyl (C=O) groups is 6. The van der Waals surface area contributed by atoms with E-state index < -0.39 is 30.2 Å². The van der Waals surface area contributed by atoms with Crippen LogP contribution in [0.4, 0.5) is 14.4 Å². The van der Waals surface area contributed by atoms with E-state index in [2.05, 4.69) is 76.0 Å². The summed E-state index contributed by atoms with van der Waals surface area (Å²) in [6.45, 7) is 27.9. The molecule has 4 N–H and O–H groups in total. The lowest BCUT2D eigenvalue weighted by Crippen LogP contribution is -2.50. The molecule has 0 aromatic carbocycles. The summed E-state index contributed by atoms with van der Waals surface area (Å²) in [4.78, 5) is 69.9. The third-order valence-corrected chi connectivity index (χ3v) is 9.30. The van der Waals surface area contributed by atoms with Crippen LogP contribution in [-0.4, -0.2) is 94.3 Å². The van der Waals surface area contributed by atoms with Gasteiger partial charge in [-0.25, -0.2) is 24.0 Å². The number of carbonyl (C=O) groups excluding carboxylic acids is 6. The highest BCUT2D eigenvalue weighted by atomic mass is 16.6. The average molecular weight is 781 g/mol. The quantitative estimate of drug-likeness (QED) is 0.0611. The third kappa shape index (κ3) is 20.3. The number of ether oxygens (including phenoxy) is 5. The SMILES string of the molecule is C=C(C)C(=O)OCCOC(=O)NC1CC(C)(C)CC(C)(CNC(=O)CC)C1.C=C(C)C(=O)OCCOC(=O)NC1CC(C)(C)CC(C)(CNC(=O)OCC)C1. The molecule has 0 spiro atoms. The predicted molar refractivity (Wildman–Crippen MR) is 208 cm³/mol. The Labute approximate surface area is 327 Å². The van der Waals surface area contributed by atoms with Crippen LogP contribution in [0.25, 0.3) is 0 Å². The second kappa shape index (κ2) is 22.3. The number of alkyl carbamates (subject to hydrolysis) is 3. The molecule has 2 fully saturated rings. The van der Waals surface area contributed by atoms with Crippen molar-refractivity contribution in [2.45, 2.75) is 126 Å². The van der Waals surface area contributed by atoms with E-state index in [1.54, 1.807) is 20.8 Å². The molecule has 15 nitrogen and oxygen atoms in total. The van der Waals surface area contributed by atoms with Gasteiger partial charge in [-0.3, -0.25) is 4.79 Å². The summed E-state index contributed by atoms with van der Waals surface area (Å²) in [6.07, 6.45) is 3.96. The van der Waals surface area contributed by atoms with Crippen molar-refractivity contribution in [2.75, 3.05) is 46.1 Å². The van der Waals surface area contributed by atoms with Gasteiger partial charge >= 0.3 is 30.2 Å². The highest BCUT2D eigenvalue weighted by Gasteiger charge is 2.43. The Morgan fingerprint density at radius 1 is 0.564 bits per heavy atom. The second-order valence-electron chi connectivity index (χ2n) is 17.1. The van der Waals surface area contributed by atoms with Crippen LogP contribution >= 0.6 is 0 Å². The first-order valence-electron chi connectivity index (χ1n) is 19.1. The molecule has 2 aliphatic rings. The van der Waals surface area contributed by atoms with Crippen molar-refractivity contribution >= 4 is 36.1 Å². The summed E-state index contributed by atoms with van der Waals surface area (Å²) in [5.74, 6) is -0.978. The van der Waals surface area contributed by atoms with Gasteiger partial charge < -0.3 is 45.0 Å². The van der Waals surface area contributed by atoms with E-state index in [0.717, 1.165) is 32.1 Å². The Morgan fingerprint density at radius 3 is 1.31 bits per heavy atom. The Kier molecular flexibility index (Phi) is 19.8. The maximum atomic E-state index is 12.1. The number of amides is 4. The van der Waals surface area contributed by atoms with E-state index in [0.29, 0.717) is 43.7 Å². The van der Waals surface area contributed by atoms with Crippen molar-refractivity contribution < 1.29 is 52.5 Å². The van der Waals surface area contributed by atoms with Gasteiger partial charge in [0.25, 0.3) is 0 Å². The summed E-state index contributed by atoms with van der Waals surface area (Å²) in [6, 6.07) is -0.119. The highest BCUT2D eigenvalue weighted by Crippen LogP contribution is 2.47. The number of hydrogen-bond donors (Lipinski definition) is 4. The van der Waals surface area contributed by atoms with Gasteiger partial charge in [0.2, 0.25) is 5.91 Å². The third-order valence-electron chi connectivity index (χ3n) is 9.30. The van der Waals surface area contributed by atoms with Gasteiger partial charge in [-0.2, -0.15) is 0 Å². The molecule has 314 valence electrons. The molecule has 0 radical (unpaired) electrons. The number of esters is 2. The van der Waals surface area contributed by atoms with Crippen LogP contribution in [0.3, 0.4) is 0 Å². The van der Waals surface area contributed by atoms with Crippen LogP contribution in [-0.2, 0) is 38.1 Å². The molecule has 2 rings (SSSR count). The topological polar surface area (TPSA) is 197 Å². The minimum Gasteiger partial charge on any atom is -0.459 e. The molecule has 0 bridgehead atoms. The van der Waals surface area contributed by atoms with E-state index >= 15 is 0 Å². The van der Waals surface area contributed by atoms with Crippen LogP contribution in [0.2, 0.25) is 0 Å². The van der Waals surface area contributed by atoms with E-state index in [9.17, 15) is 28.8 Å². The average Bonchev–Trinajstić information content (AvgIpc) is 3.05. The van der Waals surface area contributed by atoms with Gasteiger partial charge in [0, 0.05) is 42.7 Å². The first-order chi connectivity index (χ1) is 25.4. The van der Waals surface area contributed by atoms with E-state index in [1.807, 2.05) is 6.92 Å². The molecule has 15 heteroatoms. The molecule has 4 amide bonds. The van der Waals surface area contributed by atoms with Crippen molar-refractivity contribution in [2.24, 2.45) is 21.7 Å². The van der Waals surface area contributed by atoms with Crippen LogP contribution in [0.15, 0.2) is 24.3 Å². The van der Waals surface area contributed by atoms with Gasteiger partial charge in [-0.15, -0.1) is 0 Å². The van der Waals surface area contributed by atoms with E-state index in [1.165, 1.54) is 0 Å². The highest BCUT2D eigenvalue weighted by molar-refractivity contribution is 5.87. The predicted octanol–water partition coefficient (Wildman–Crippen LogP) is 6.11. The summed E-state index contributed by atoms with van der Waals surface area (Å²) >= 11 is 0. The van der Waals surface area contributed by atoms with Crippen molar-refractivity contribution in [3.8, 4) is 0 Å². The first kappa shape index (κ1) is 48.7. The van der Waals surface area contributed by atoms with Crippen LogP contribution < -0.4 is 21.3 Å². The largest absolute Gasteiger partial charge is 0.459 e. The standard InChI is InChI=1S/C20H34N2O6.C20H34N2O5/c1-7-26-17(24)21-13-20(6)11-15(10-19(4,5)12-20)22-18(25)28-9-8-27-16(23)14(2)3;1-7-16(23)21-13-20(6)11-15(10-19(4,5)12-20)22-18(25)27-9-8-26-17(24)14(2)3/h15H,2,7-13H2,1,3-6H3,(H,21,24)(H,22,25);15H,2,7-13H2,1,3-6H3,(H,21,23)(H,22,25). The smallest absolute Gasteiger partial charge is 0.407 e. The van der Waals surface area contributed by atoms with Crippen LogP contribution in [0, 0.1) is 21.7 Å². The van der Waals surface area contributed by atoms with E-state index in [4.69, 9.17) is 23.7 Å². The lowest BCUT2D eigenvalue weighted by molar-refractivity contribution is -0.140. The lowest BCUT2D eigenvalue weighted by atomic mass is 9.62. The fourth-order valence-electron chi connectivity index (χ4n) is 7.85. The van der Waals surface area contributed by atoms with Crippen molar-refractivity contribution in [3.63, 3.8) is 0 Å². The van der Waals surface area contributed by atoms with Gasteiger partial charge in [0.1, 0.15) is 26.4 Å².